The lowest BCUT2D eigenvalue weighted by atomic mass is 10.0. The van der Waals surface area contributed by atoms with Crippen LogP contribution in [0.15, 0.2) is 54.7 Å². The summed E-state index contributed by atoms with van der Waals surface area (Å²) >= 11 is 0. The fourth-order valence-corrected chi connectivity index (χ4v) is 6.87. The highest BCUT2D eigenvalue weighted by Gasteiger charge is 2.39. The summed E-state index contributed by atoms with van der Waals surface area (Å²) < 4.78 is 9.56. The monoisotopic (exact) mass is 605 g/mol. The van der Waals surface area contributed by atoms with Crippen molar-refractivity contribution in [3.8, 4) is 28.4 Å². The van der Waals surface area contributed by atoms with Crippen LogP contribution in [-0.2, 0) is 6.54 Å². The van der Waals surface area contributed by atoms with Gasteiger partial charge in [-0.05, 0) is 80.5 Å². The Morgan fingerprint density at radius 3 is 2.60 bits per heavy atom. The zero-order chi connectivity index (χ0) is 31.6. The molecule has 2 aliphatic rings. The minimum atomic E-state index is -0.538. The first-order valence-corrected chi connectivity index (χ1v) is 15.7. The lowest BCUT2D eigenvalue weighted by Gasteiger charge is -2.25. The van der Waals surface area contributed by atoms with Gasteiger partial charge in [-0.25, -0.2) is 9.50 Å². The number of benzene rings is 1. The number of methoxy groups -OCH3 is 1. The summed E-state index contributed by atoms with van der Waals surface area (Å²) in [5, 5.41) is 6.07. The van der Waals surface area contributed by atoms with Crippen LogP contribution in [0.25, 0.3) is 39.2 Å². The quantitative estimate of drug-likeness (QED) is 0.255. The molecule has 1 aliphatic carbocycles. The molecule has 5 aromatic rings. The molecule has 10 nitrogen and oxygen atoms in total. The number of rotatable bonds is 8. The molecule has 232 valence electrons. The Labute approximate surface area is 262 Å². The van der Waals surface area contributed by atoms with Crippen LogP contribution < -0.4 is 16.2 Å². The lowest BCUT2D eigenvalue weighted by molar-refractivity contribution is 0.0724. The highest BCUT2D eigenvalue weighted by atomic mass is 16.5. The Hall–Kier alpha value is -4.70. The Balaban J connectivity index is 1.29. The summed E-state index contributed by atoms with van der Waals surface area (Å²) in [7, 11) is 1.52. The smallest absolute Gasteiger partial charge is 0.255 e. The molecular formula is C35H39N7O3. The topological polar surface area (TPSA) is 134 Å². The first kappa shape index (κ1) is 29.0. The van der Waals surface area contributed by atoms with Crippen molar-refractivity contribution in [2.75, 3.05) is 13.7 Å². The maximum absolute atomic E-state index is 13.6. The summed E-state index contributed by atoms with van der Waals surface area (Å²) in [6.07, 6.45) is 5.07. The number of aromatic nitrogens is 4. The average molecular weight is 606 g/mol. The standard InChI is InChI=1S/C35H39N7O3/c1-5-27-31(36)19(2)16-41(27)35(44)24-10-13-28-20(3)32(39-42(28)18-24)29-14-23-9-12-26(38-34(23)40(29)17-21-6-7-21)22-8-11-25(33(37)43)30(15-22)45-4/h8-15,18-19,21,27,31H,5-7,16-17,36H2,1-4H3,(H2,37,43)/t19?,27?,31-/m1/s1. The van der Waals surface area contributed by atoms with Gasteiger partial charge in [0.05, 0.1) is 35.1 Å². The van der Waals surface area contributed by atoms with E-state index in [4.69, 9.17) is 26.3 Å². The molecule has 2 unspecified atom stereocenters. The van der Waals surface area contributed by atoms with E-state index in [1.807, 2.05) is 39.9 Å². The Kier molecular flexibility index (Phi) is 7.12. The molecule has 1 saturated heterocycles. The maximum atomic E-state index is 13.6. The Morgan fingerprint density at radius 2 is 1.89 bits per heavy atom. The fourth-order valence-electron chi connectivity index (χ4n) is 6.87. The zero-order valence-electron chi connectivity index (χ0n) is 26.2. The number of fused-ring (bicyclic) bond motifs is 2. The molecule has 5 heterocycles. The van der Waals surface area contributed by atoms with Crippen LogP contribution >= 0.6 is 0 Å². The third kappa shape index (κ3) is 4.93. The van der Waals surface area contributed by atoms with Crippen molar-refractivity contribution in [2.24, 2.45) is 23.3 Å². The number of nitrogens with two attached hydrogens (primary N) is 2. The molecule has 4 N–H and O–H groups in total. The van der Waals surface area contributed by atoms with Crippen LogP contribution in [0.4, 0.5) is 0 Å². The molecule has 0 radical (unpaired) electrons. The molecule has 10 heteroatoms. The molecule has 0 bridgehead atoms. The number of nitrogens with zero attached hydrogens (tertiary/aromatic N) is 5. The number of hydrogen-bond acceptors (Lipinski definition) is 6. The molecule has 1 aromatic carbocycles. The summed E-state index contributed by atoms with van der Waals surface area (Å²) in [4.78, 5) is 32.5. The van der Waals surface area contributed by atoms with Crippen LogP contribution in [0.1, 0.15) is 59.4 Å². The van der Waals surface area contributed by atoms with Crippen LogP contribution in [0.3, 0.4) is 0 Å². The first-order valence-electron chi connectivity index (χ1n) is 15.7. The van der Waals surface area contributed by atoms with Gasteiger partial charge in [-0.15, -0.1) is 0 Å². The molecule has 2 amide bonds. The van der Waals surface area contributed by atoms with E-state index >= 15 is 0 Å². The van der Waals surface area contributed by atoms with E-state index in [0.717, 1.165) is 57.7 Å². The third-order valence-electron chi connectivity index (χ3n) is 9.68. The SMILES string of the molecule is CCC1[C@H](N)C(C)CN1C(=O)c1ccc2c(C)c(-c3cc4ccc(-c5ccc(C(N)=O)c(OC)c5)nc4n3CC3CC3)nn2c1. The Bertz CT molecular complexity index is 1970. The number of hydrogen-bond donors (Lipinski definition) is 2. The number of aryl methyl sites for hydroxylation is 1. The zero-order valence-corrected chi connectivity index (χ0v) is 26.2. The fraction of sp³-hybridized carbons (Fsp3) is 0.371. The number of primary amides is 1. The van der Waals surface area contributed by atoms with Crippen molar-refractivity contribution in [1.82, 2.24) is 24.1 Å². The van der Waals surface area contributed by atoms with Crippen LogP contribution in [0.5, 0.6) is 5.75 Å². The molecule has 4 aromatic heterocycles. The highest BCUT2D eigenvalue weighted by molar-refractivity contribution is 5.97. The van der Waals surface area contributed by atoms with Crippen LogP contribution in [0, 0.1) is 18.8 Å². The van der Waals surface area contributed by atoms with Crippen LogP contribution in [-0.4, -0.2) is 61.6 Å². The van der Waals surface area contributed by atoms with Crippen molar-refractivity contribution in [2.45, 2.75) is 58.7 Å². The highest BCUT2D eigenvalue weighted by Crippen LogP contribution is 2.38. The number of pyridine rings is 2. The summed E-state index contributed by atoms with van der Waals surface area (Å²) in [5.74, 6) is 0.742. The van der Waals surface area contributed by atoms with E-state index in [1.54, 1.807) is 12.1 Å². The second-order valence-electron chi connectivity index (χ2n) is 12.7. The van der Waals surface area contributed by atoms with E-state index in [1.165, 1.54) is 20.0 Å². The van der Waals surface area contributed by atoms with Gasteiger partial charge in [-0.2, -0.15) is 5.10 Å². The number of carbonyl (C=O) groups excluding carboxylic acids is 2. The largest absolute Gasteiger partial charge is 0.496 e. The van der Waals surface area contributed by atoms with Gasteiger partial charge < -0.3 is 25.7 Å². The number of ether oxygens (including phenoxy) is 1. The van der Waals surface area contributed by atoms with Gasteiger partial charge in [-0.1, -0.05) is 19.9 Å². The maximum Gasteiger partial charge on any atom is 0.255 e. The van der Waals surface area contributed by atoms with Crippen molar-refractivity contribution in [3.63, 3.8) is 0 Å². The number of likely N-dealkylation sites (tertiary alicyclic amines) is 1. The van der Waals surface area contributed by atoms with E-state index in [-0.39, 0.29) is 23.9 Å². The van der Waals surface area contributed by atoms with Crippen LogP contribution in [0.2, 0.25) is 0 Å². The molecule has 3 atom stereocenters. The van der Waals surface area contributed by atoms with Crippen molar-refractivity contribution < 1.29 is 14.3 Å². The molecule has 0 spiro atoms. The average Bonchev–Trinajstić information content (AvgIpc) is 3.63. The molecular weight excluding hydrogens is 566 g/mol. The second kappa shape index (κ2) is 11.0. The van der Waals surface area contributed by atoms with Gasteiger partial charge in [0, 0.05) is 47.9 Å². The van der Waals surface area contributed by atoms with Crippen molar-refractivity contribution in [1.29, 1.82) is 0 Å². The molecule has 1 saturated carbocycles. The predicted molar refractivity (Wildman–Crippen MR) is 174 cm³/mol. The van der Waals surface area contributed by atoms with Gasteiger partial charge in [0.25, 0.3) is 11.8 Å². The third-order valence-corrected chi connectivity index (χ3v) is 9.68. The predicted octanol–water partition coefficient (Wildman–Crippen LogP) is 5.04. The van der Waals surface area contributed by atoms with Gasteiger partial charge in [0.15, 0.2) is 0 Å². The Morgan fingerprint density at radius 1 is 1.09 bits per heavy atom. The van der Waals surface area contributed by atoms with Crippen molar-refractivity contribution >= 4 is 28.4 Å². The van der Waals surface area contributed by atoms with E-state index in [9.17, 15) is 9.59 Å². The molecule has 45 heavy (non-hydrogen) atoms. The molecule has 1 aliphatic heterocycles. The number of carbonyl (C=O) groups is 2. The van der Waals surface area contributed by atoms with Crippen molar-refractivity contribution in [3.05, 3.63) is 71.4 Å². The van der Waals surface area contributed by atoms with E-state index < -0.39 is 5.91 Å². The van der Waals surface area contributed by atoms with Gasteiger partial charge in [0.2, 0.25) is 0 Å². The van der Waals surface area contributed by atoms with Gasteiger partial charge in [0.1, 0.15) is 17.1 Å². The first-order chi connectivity index (χ1) is 21.7. The lowest BCUT2D eigenvalue weighted by Crippen LogP contribution is -2.42. The summed E-state index contributed by atoms with van der Waals surface area (Å²) in [5.41, 5.74) is 19.3. The minimum absolute atomic E-state index is 0.00155. The summed E-state index contributed by atoms with van der Waals surface area (Å²) in [6.45, 7) is 7.80. The second-order valence-corrected chi connectivity index (χ2v) is 12.7. The summed E-state index contributed by atoms with van der Waals surface area (Å²) in [6, 6.07) is 15.5. The molecule has 2 fully saturated rings. The number of amides is 2. The van der Waals surface area contributed by atoms with E-state index in [2.05, 4.69) is 37.5 Å². The van der Waals surface area contributed by atoms with E-state index in [0.29, 0.717) is 29.3 Å². The van der Waals surface area contributed by atoms with Gasteiger partial charge in [-0.3, -0.25) is 9.59 Å². The molecule has 7 rings (SSSR count). The van der Waals surface area contributed by atoms with Gasteiger partial charge >= 0.3 is 0 Å². The normalized spacial score (nSPS) is 19.9. The minimum Gasteiger partial charge on any atom is -0.496 e.